The lowest BCUT2D eigenvalue weighted by Crippen LogP contribution is -2.64. The Hall–Kier alpha value is -0.990. The zero-order valence-electron chi connectivity index (χ0n) is 19.5. The smallest absolute Gasteiger partial charge is 0.251 e. The van der Waals surface area contributed by atoms with Gasteiger partial charge in [-0.05, 0) is 13.3 Å². The highest BCUT2D eigenvalue weighted by Gasteiger charge is 2.46. The Morgan fingerprint density at radius 2 is 1.32 bits per heavy atom. The number of amides is 1. The van der Waals surface area contributed by atoms with Crippen molar-refractivity contribution in [2.24, 2.45) is 0 Å². The largest absolute Gasteiger partial charge is 0.394 e. The average Bonchev–Trinajstić information content (AvgIpc) is 2.76. The van der Waals surface area contributed by atoms with Gasteiger partial charge in [-0.2, -0.15) is 0 Å². The highest BCUT2D eigenvalue weighted by atomic mass is 16.6. The fourth-order valence-electron chi connectivity index (χ4n) is 4.05. The molecule has 0 unspecified atom stereocenters. The van der Waals surface area contributed by atoms with Gasteiger partial charge in [-0.25, -0.2) is 0 Å². The van der Waals surface area contributed by atoms with E-state index in [1.54, 1.807) is 6.92 Å². The van der Waals surface area contributed by atoms with E-state index in [-0.39, 0.29) is 5.91 Å². The summed E-state index contributed by atoms with van der Waals surface area (Å²) in [5.74, 6) is -0.368. The molecule has 1 heterocycles. The third-order valence-electron chi connectivity index (χ3n) is 6.05. The van der Waals surface area contributed by atoms with Gasteiger partial charge in [-0.3, -0.25) is 4.79 Å². The lowest BCUT2D eigenvalue weighted by Gasteiger charge is -2.44. The number of carbonyl (C=O) groups excluding carboxylic acids is 1. The van der Waals surface area contributed by atoms with Crippen molar-refractivity contribution in [2.45, 2.75) is 122 Å². The fourth-order valence-corrected chi connectivity index (χ4v) is 4.05. The quantitative estimate of drug-likeness (QED) is 0.216. The molecule has 1 aliphatic heterocycles. The number of nitrogens with zero attached hydrogens (tertiary/aromatic N) is 1. The van der Waals surface area contributed by atoms with Gasteiger partial charge in [0.1, 0.15) is 24.4 Å². The van der Waals surface area contributed by atoms with Crippen molar-refractivity contribution in [3.63, 3.8) is 0 Å². The highest BCUT2D eigenvalue weighted by Crippen LogP contribution is 2.25. The molecule has 0 bridgehead atoms. The van der Waals surface area contributed by atoms with Gasteiger partial charge >= 0.3 is 0 Å². The van der Waals surface area contributed by atoms with Crippen molar-refractivity contribution in [2.75, 3.05) is 13.2 Å². The number of ether oxygens (including phenoxy) is 1. The first kappa shape index (κ1) is 28.0. The molecule has 31 heavy (non-hydrogen) atoms. The molecule has 0 saturated carbocycles. The van der Waals surface area contributed by atoms with Gasteiger partial charge < -0.3 is 30.1 Å². The normalized spacial score (nSPS) is 26.1. The minimum atomic E-state index is -1.50. The molecule has 1 aliphatic rings. The second-order valence-corrected chi connectivity index (χ2v) is 8.89. The van der Waals surface area contributed by atoms with E-state index >= 15 is 0 Å². The second kappa shape index (κ2) is 15.8. The van der Waals surface area contributed by atoms with Gasteiger partial charge in [0.05, 0.1) is 6.61 Å². The number of hydrogen-bond donors (Lipinski definition) is 4. The molecule has 7 nitrogen and oxygen atoms in total. The van der Waals surface area contributed by atoms with E-state index in [9.17, 15) is 25.2 Å². The van der Waals surface area contributed by atoms with Crippen molar-refractivity contribution >= 4 is 5.91 Å². The van der Waals surface area contributed by atoms with Crippen LogP contribution in [0.4, 0.5) is 0 Å². The van der Waals surface area contributed by atoms with E-state index in [1.807, 2.05) is 0 Å². The van der Waals surface area contributed by atoms with Crippen LogP contribution in [0.15, 0.2) is 12.2 Å². The van der Waals surface area contributed by atoms with E-state index in [0.717, 1.165) is 19.3 Å². The molecule has 0 aromatic carbocycles. The maximum atomic E-state index is 12.6. The molecule has 7 heteroatoms. The minimum absolute atomic E-state index is 0.302. The van der Waals surface area contributed by atoms with E-state index in [2.05, 4.69) is 13.5 Å². The Labute approximate surface area is 188 Å². The average molecular weight is 444 g/mol. The summed E-state index contributed by atoms with van der Waals surface area (Å²) >= 11 is 0. The number of rotatable bonds is 16. The van der Waals surface area contributed by atoms with Gasteiger partial charge in [-0.1, -0.05) is 84.1 Å². The molecule has 5 atom stereocenters. The van der Waals surface area contributed by atoms with Crippen molar-refractivity contribution in [3.05, 3.63) is 12.2 Å². The molecule has 1 amide bonds. The zero-order chi connectivity index (χ0) is 23.2. The first-order valence-electron chi connectivity index (χ1n) is 12.1. The van der Waals surface area contributed by atoms with Crippen LogP contribution in [0.3, 0.4) is 0 Å². The maximum absolute atomic E-state index is 12.6. The van der Waals surface area contributed by atoms with E-state index < -0.39 is 37.3 Å². The third kappa shape index (κ3) is 9.58. The number of hydrogen-bond acceptors (Lipinski definition) is 6. The molecule has 0 spiro atoms. The number of aliphatic hydroxyl groups is 4. The van der Waals surface area contributed by atoms with E-state index in [0.29, 0.717) is 12.1 Å². The molecule has 1 saturated heterocycles. The van der Waals surface area contributed by atoms with Gasteiger partial charge in [0.25, 0.3) is 5.91 Å². The predicted molar refractivity (Wildman–Crippen MR) is 121 cm³/mol. The number of unbranched alkanes of at least 4 members (excludes halogenated alkanes) is 11. The van der Waals surface area contributed by atoms with Crippen LogP contribution in [-0.2, 0) is 9.53 Å². The summed E-state index contributed by atoms with van der Waals surface area (Å²) in [4.78, 5) is 14.0. The summed E-state index contributed by atoms with van der Waals surface area (Å²) in [6.07, 6.45) is 7.84. The predicted octanol–water partition coefficient (Wildman–Crippen LogP) is 2.89. The van der Waals surface area contributed by atoms with Crippen LogP contribution in [0.5, 0.6) is 0 Å². The molecule has 4 N–H and O–H groups in total. The maximum Gasteiger partial charge on any atom is 0.251 e. The van der Waals surface area contributed by atoms with Crippen LogP contribution in [0.2, 0.25) is 0 Å². The van der Waals surface area contributed by atoms with Crippen LogP contribution in [0.25, 0.3) is 0 Å². The van der Waals surface area contributed by atoms with Gasteiger partial charge in [0.2, 0.25) is 0 Å². The van der Waals surface area contributed by atoms with Crippen molar-refractivity contribution in [3.8, 4) is 0 Å². The molecule has 1 rings (SSSR count). The van der Waals surface area contributed by atoms with Crippen molar-refractivity contribution in [1.82, 2.24) is 4.90 Å². The van der Waals surface area contributed by atoms with Gasteiger partial charge in [0, 0.05) is 12.1 Å². The lowest BCUT2D eigenvalue weighted by atomic mass is 9.97. The third-order valence-corrected chi connectivity index (χ3v) is 6.05. The van der Waals surface area contributed by atoms with Crippen LogP contribution in [0.1, 0.15) is 90.9 Å². The Balaban J connectivity index is 2.39. The summed E-state index contributed by atoms with van der Waals surface area (Å²) in [6, 6.07) is 0. The lowest BCUT2D eigenvalue weighted by molar-refractivity contribution is -0.261. The SMILES string of the molecule is C=C(C)C(=O)N(CCCCCCCCCCCCCC)[C@@H]1O[C@H](CO)[C@@H](O)[C@H](O)[C@H]1O. The van der Waals surface area contributed by atoms with E-state index in [4.69, 9.17) is 4.74 Å². The second-order valence-electron chi connectivity index (χ2n) is 8.89. The first-order chi connectivity index (χ1) is 14.8. The summed E-state index contributed by atoms with van der Waals surface area (Å²) in [7, 11) is 0. The van der Waals surface area contributed by atoms with Gasteiger partial charge in [0.15, 0.2) is 6.23 Å². The molecule has 1 fully saturated rings. The Morgan fingerprint density at radius 3 is 1.77 bits per heavy atom. The van der Waals surface area contributed by atoms with Crippen LogP contribution < -0.4 is 0 Å². The first-order valence-corrected chi connectivity index (χ1v) is 12.1. The molecular weight excluding hydrogens is 398 g/mol. The summed E-state index contributed by atoms with van der Waals surface area (Å²) in [5, 5.41) is 39.8. The molecule has 0 aromatic heterocycles. The Kier molecular flexibility index (Phi) is 14.3. The Bertz CT molecular complexity index is 512. The zero-order valence-corrected chi connectivity index (χ0v) is 19.5. The Morgan fingerprint density at radius 1 is 0.839 bits per heavy atom. The molecule has 182 valence electrons. The summed E-state index contributed by atoms with van der Waals surface area (Å²) in [6.45, 7) is 7.34. The molecular formula is C24H45NO6. The van der Waals surface area contributed by atoms with Crippen LogP contribution >= 0.6 is 0 Å². The highest BCUT2D eigenvalue weighted by molar-refractivity contribution is 5.92. The minimum Gasteiger partial charge on any atom is -0.394 e. The molecule has 0 radical (unpaired) electrons. The topological polar surface area (TPSA) is 110 Å². The van der Waals surface area contributed by atoms with Crippen molar-refractivity contribution < 1.29 is 30.0 Å². The monoisotopic (exact) mass is 443 g/mol. The summed E-state index contributed by atoms with van der Waals surface area (Å²) in [5.41, 5.74) is 0.302. The van der Waals surface area contributed by atoms with Crippen LogP contribution in [0, 0.1) is 0 Å². The number of aliphatic hydroxyl groups excluding tert-OH is 4. The van der Waals surface area contributed by atoms with Crippen LogP contribution in [-0.4, -0.2) is 75.0 Å². The van der Waals surface area contributed by atoms with Gasteiger partial charge in [-0.15, -0.1) is 0 Å². The van der Waals surface area contributed by atoms with Crippen molar-refractivity contribution in [1.29, 1.82) is 0 Å². The molecule has 0 aliphatic carbocycles. The summed E-state index contributed by atoms with van der Waals surface area (Å²) < 4.78 is 5.58. The van der Waals surface area contributed by atoms with E-state index in [1.165, 1.54) is 62.7 Å². The fraction of sp³-hybridized carbons (Fsp3) is 0.875. The number of carbonyl (C=O) groups is 1. The molecule has 0 aromatic rings. The standard InChI is InChI=1S/C24H45NO6/c1-4-5-6-7-8-9-10-11-12-13-14-15-16-25(23(30)18(2)3)24-22(29)21(28)20(27)19(17-26)31-24/h19-22,24,26-29H,2,4-17H2,1,3H3/t19-,20-,21+,22-,24-/m1/s1.